The molecule has 2 aromatic carbocycles. The first-order valence-electron chi connectivity index (χ1n) is 9.57. The van der Waals surface area contributed by atoms with Gasteiger partial charge in [-0.3, -0.25) is 9.59 Å². The third-order valence-electron chi connectivity index (χ3n) is 5.50. The zero-order chi connectivity index (χ0) is 18.8. The molecule has 2 fully saturated rings. The predicted octanol–water partition coefficient (Wildman–Crippen LogP) is 5.07. The van der Waals surface area contributed by atoms with Gasteiger partial charge >= 0.3 is 0 Å². The maximum absolute atomic E-state index is 12.8. The van der Waals surface area contributed by atoms with Gasteiger partial charge in [0.1, 0.15) is 0 Å². The lowest BCUT2D eigenvalue weighted by atomic mass is 9.77. The summed E-state index contributed by atoms with van der Waals surface area (Å²) in [6.07, 6.45) is 5.47. The Morgan fingerprint density at radius 2 is 1.59 bits per heavy atom. The summed E-state index contributed by atoms with van der Waals surface area (Å²) in [7, 11) is 0. The highest BCUT2D eigenvalue weighted by Crippen LogP contribution is 2.38. The van der Waals surface area contributed by atoms with Gasteiger partial charge in [0.05, 0.1) is 6.04 Å². The highest BCUT2D eigenvalue weighted by atomic mass is 79.9. The van der Waals surface area contributed by atoms with E-state index in [0.717, 1.165) is 41.4 Å². The molecule has 2 amide bonds. The van der Waals surface area contributed by atoms with Crippen LogP contribution >= 0.6 is 15.9 Å². The molecule has 0 saturated heterocycles. The Labute approximate surface area is 167 Å². The summed E-state index contributed by atoms with van der Waals surface area (Å²) in [4.78, 5) is 24.6. The van der Waals surface area contributed by atoms with Crippen molar-refractivity contribution in [3.05, 3.63) is 64.1 Å². The van der Waals surface area contributed by atoms with Crippen LogP contribution in [0.4, 0.5) is 5.69 Å². The summed E-state index contributed by atoms with van der Waals surface area (Å²) >= 11 is 3.47. The average Bonchev–Trinajstić information content (AvgIpc) is 3.46. The first-order chi connectivity index (χ1) is 13.1. The van der Waals surface area contributed by atoms with Gasteiger partial charge in [-0.1, -0.05) is 34.5 Å². The van der Waals surface area contributed by atoms with Gasteiger partial charge in [0, 0.05) is 21.6 Å². The van der Waals surface area contributed by atoms with Gasteiger partial charge in [0.25, 0.3) is 5.91 Å². The maximum atomic E-state index is 12.8. The van der Waals surface area contributed by atoms with Crippen molar-refractivity contribution in [2.45, 2.75) is 38.1 Å². The molecule has 27 heavy (non-hydrogen) atoms. The Morgan fingerprint density at radius 3 is 2.15 bits per heavy atom. The molecule has 0 spiro atoms. The zero-order valence-corrected chi connectivity index (χ0v) is 16.7. The van der Waals surface area contributed by atoms with E-state index in [-0.39, 0.29) is 23.8 Å². The molecule has 4 rings (SSSR count). The zero-order valence-electron chi connectivity index (χ0n) is 15.1. The molecular formula is C22H23BrN2O2. The topological polar surface area (TPSA) is 58.2 Å². The third-order valence-corrected chi connectivity index (χ3v) is 6.03. The van der Waals surface area contributed by atoms with Gasteiger partial charge in [0.15, 0.2) is 0 Å². The van der Waals surface area contributed by atoms with Gasteiger partial charge in [-0.05, 0) is 73.6 Å². The minimum absolute atomic E-state index is 0.0357. The van der Waals surface area contributed by atoms with Gasteiger partial charge in [-0.25, -0.2) is 0 Å². The number of rotatable bonds is 6. The minimum Gasteiger partial charge on any atom is -0.345 e. The molecule has 0 radical (unpaired) electrons. The molecule has 2 N–H and O–H groups in total. The van der Waals surface area contributed by atoms with Crippen molar-refractivity contribution in [1.82, 2.24) is 5.32 Å². The second kappa shape index (κ2) is 7.85. The van der Waals surface area contributed by atoms with E-state index in [1.165, 1.54) is 6.42 Å². The van der Waals surface area contributed by atoms with Crippen molar-refractivity contribution in [2.24, 2.45) is 11.8 Å². The fourth-order valence-corrected chi connectivity index (χ4v) is 3.70. The number of carbonyl (C=O) groups is 2. The van der Waals surface area contributed by atoms with Crippen LogP contribution < -0.4 is 10.6 Å². The fourth-order valence-electron chi connectivity index (χ4n) is 3.44. The first kappa shape index (κ1) is 18.2. The molecule has 2 saturated carbocycles. The van der Waals surface area contributed by atoms with Gasteiger partial charge in [-0.15, -0.1) is 0 Å². The van der Waals surface area contributed by atoms with E-state index < -0.39 is 0 Å². The predicted molar refractivity (Wildman–Crippen MR) is 109 cm³/mol. The van der Waals surface area contributed by atoms with Crippen LogP contribution in [0.5, 0.6) is 0 Å². The van der Waals surface area contributed by atoms with Crippen LogP contribution in [0.15, 0.2) is 53.0 Å². The van der Waals surface area contributed by atoms with Crippen molar-refractivity contribution in [2.75, 3.05) is 5.32 Å². The second-order valence-electron chi connectivity index (χ2n) is 7.53. The van der Waals surface area contributed by atoms with Crippen LogP contribution in [0.25, 0.3) is 0 Å². The summed E-state index contributed by atoms with van der Waals surface area (Å²) in [6, 6.07) is 15.4. The standard InChI is InChI=1S/C22H23BrN2O2/c23-18-10-6-15(7-11-18)20(14-2-1-3-14)25-22(27)17-8-12-19(13-9-17)24-21(26)16-4-5-16/h6-14,16,20H,1-5H2,(H,24,26)(H,25,27). The Kier molecular flexibility index (Phi) is 5.30. The van der Waals surface area contributed by atoms with Crippen molar-refractivity contribution >= 4 is 33.4 Å². The van der Waals surface area contributed by atoms with E-state index in [1.54, 1.807) is 24.3 Å². The van der Waals surface area contributed by atoms with Crippen LogP contribution in [0, 0.1) is 11.8 Å². The Morgan fingerprint density at radius 1 is 0.926 bits per heavy atom. The highest BCUT2D eigenvalue weighted by Gasteiger charge is 2.31. The molecule has 2 aromatic rings. The monoisotopic (exact) mass is 426 g/mol. The number of amides is 2. The Bertz CT molecular complexity index is 824. The molecule has 4 nitrogen and oxygen atoms in total. The largest absolute Gasteiger partial charge is 0.345 e. The maximum Gasteiger partial charge on any atom is 0.251 e. The molecule has 0 bridgehead atoms. The number of benzene rings is 2. The number of anilines is 1. The van der Waals surface area contributed by atoms with E-state index >= 15 is 0 Å². The van der Waals surface area contributed by atoms with E-state index in [9.17, 15) is 9.59 Å². The smallest absolute Gasteiger partial charge is 0.251 e. The van der Waals surface area contributed by atoms with E-state index in [4.69, 9.17) is 0 Å². The molecule has 1 atom stereocenters. The number of halogens is 1. The third kappa shape index (κ3) is 4.41. The lowest BCUT2D eigenvalue weighted by Crippen LogP contribution is -2.36. The molecule has 0 aromatic heterocycles. The minimum atomic E-state index is -0.0742. The first-order valence-corrected chi connectivity index (χ1v) is 10.4. The summed E-state index contributed by atoms with van der Waals surface area (Å²) in [5.74, 6) is 0.664. The molecule has 2 aliphatic rings. The van der Waals surface area contributed by atoms with E-state index in [2.05, 4.69) is 38.7 Å². The molecular weight excluding hydrogens is 404 g/mol. The molecule has 0 aliphatic heterocycles. The molecule has 5 heteroatoms. The van der Waals surface area contributed by atoms with Gasteiger partial charge in [-0.2, -0.15) is 0 Å². The van der Waals surface area contributed by atoms with Crippen molar-refractivity contribution in [3.63, 3.8) is 0 Å². The highest BCUT2D eigenvalue weighted by molar-refractivity contribution is 9.10. The van der Waals surface area contributed by atoms with Crippen LogP contribution in [0.2, 0.25) is 0 Å². The molecule has 0 heterocycles. The number of nitrogens with one attached hydrogen (secondary N) is 2. The van der Waals surface area contributed by atoms with Gasteiger partial charge < -0.3 is 10.6 Å². The van der Waals surface area contributed by atoms with Crippen LogP contribution in [-0.4, -0.2) is 11.8 Å². The van der Waals surface area contributed by atoms with Crippen LogP contribution in [0.3, 0.4) is 0 Å². The fraction of sp³-hybridized carbons (Fsp3) is 0.364. The van der Waals surface area contributed by atoms with E-state index in [1.807, 2.05) is 12.1 Å². The quantitative estimate of drug-likeness (QED) is 0.677. The Hall–Kier alpha value is -2.14. The van der Waals surface area contributed by atoms with Crippen molar-refractivity contribution in [1.29, 1.82) is 0 Å². The van der Waals surface area contributed by atoms with E-state index in [0.29, 0.717) is 11.5 Å². The summed E-state index contributed by atoms with van der Waals surface area (Å²) in [5, 5.41) is 6.12. The number of carbonyl (C=O) groups excluding carboxylic acids is 2. The SMILES string of the molecule is O=C(NC(c1ccc(Br)cc1)C1CCC1)c1ccc(NC(=O)C2CC2)cc1. The van der Waals surface area contributed by atoms with Crippen LogP contribution in [-0.2, 0) is 4.79 Å². The molecule has 140 valence electrons. The number of hydrogen-bond donors (Lipinski definition) is 2. The Balaban J connectivity index is 1.44. The lowest BCUT2D eigenvalue weighted by molar-refractivity contribution is -0.117. The van der Waals surface area contributed by atoms with Gasteiger partial charge in [0.2, 0.25) is 5.91 Å². The second-order valence-corrected chi connectivity index (χ2v) is 8.45. The van der Waals surface area contributed by atoms with Crippen LogP contribution in [0.1, 0.15) is 54.1 Å². The van der Waals surface area contributed by atoms with Crippen molar-refractivity contribution in [3.8, 4) is 0 Å². The molecule has 1 unspecified atom stereocenters. The summed E-state index contributed by atoms with van der Waals surface area (Å²) < 4.78 is 1.04. The number of hydrogen-bond acceptors (Lipinski definition) is 2. The average molecular weight is 427 g/mol. The summed E-state index contributed by atoms with van der Waals surface area (Å²) in [5.41, 5.74) is 2.50. The lowest BCUT2D eigenvalue weighted by Gasteiger charge is -2.34. The summed E-state index contributed by atoms with van der Waals surface area (Å²) in [6.45, 7) is 0. The normalized spacial score (nSPS) is 17.7. The molecule has 2 aliphatic carbocycles. The van der Waals surface area contributed by atoms with Crippen molar-refractivity contribution < 1.29 is 9.59 Å².